The fraction of sp³-hybridized carbons (Fsp3) is 0.500. The first-order valence-electron chi connectivity index (χ1n) is 8.34. The van der Waals surface area contributed by atoms with Crippen molar-refractivity contribution in [3.63, 3.8) is 0 Å². The molecular formula is C20H29NO4. The number of hydrogen-bond donors (Lipinski definition) is 0. The first kappa shape index (κ1) is 20.7. The van der Waals surface area contributed by atoms with Gasteiger partial charge in [0.1, 0.15) is 11.2 Å². The van der Waals surface area contributed by atoms with Crippen LogP contribution >= 0.6 is 0 Å². The summed E-state index contributed by atoms with van der Waals surface area (Å²) in [4.78, 5) is 26.3. The van der Waals surface area contributed by atoms with Crippen LogP contribution in [0.5, 0.6) is 0 Å². The molecule has 0 aliphatic carbocycles. The van der Waals surface area contributed by atoms with Crippen molar-refractivity contribution in [3.05, 3.63) is 48.6 Å². The fourth-order valence-corrected chi connectivity index (χ4v) is 2.10. The van der Waals surface area contributed by atoms with Gasteiger partial charge in [-0.1, -0.05) is 36.4 Å². The van der Waals surface area contributed by atoms with Gasteiger partial charge in [0.05, 0.1) is 6.04 Å². The molecule has 0 fully saturated rings. The van der Waals surface area contributed by atoms with E-state index in [2.05, 4.69) is 6.58 Å². The Morgan fingerprint density at radius 1 is 1.00 bits per heavy atom. The molecule has 5 heteroatoms. The van der Waals surface area contributed by atoms with Crippen LogP contribution in [0, 0.1) is 0 Å². The summed E-state index contributed by atoms with van der Waals surface area (Å²) in [7, 11) is 0. The van der Waals surface area contributed by atoms with Gasteiger partial charge in [-0.05, 0) is 53.5 Å². The highest BCUT2D eigenvalue weighted by Gasteiger charge is 2.35. The number of imide groups is 1. The molecule has 1 atom stereocenters. The van der Waals surface area contributed by atoms with E-state index in [4.69, 9.17) is 9.47 Å². The number of ether oxygens (including phenoxy) is 2. The summed E-state index contributed by atoms with van der Waals surface area (Å²) in [6.07, 6.45) is 0.495. The van der Waals surface area contributed by atoms with Crippen LogP contribution in [-0.2, 0) is 15.9 Å². The maximum Gasteiger partial charge on any atom is 0.420 e. The molecule has 0 saturated carbocycles. The molecule has 0 aromatic heterocycles. The summed E-state index contributed by atoms with van der Waals surface area (Å²) in [5.41, 5.74) is -0.476. The van der Waals surface area contributed by atoms with Crippen LogP contribution in [0.25, 0.3) is 0 Å². The number of nitrogens with zero attached hydrogens (tertiary/aromatic N) is 1. The van der Waals surface area contributed by atoms with E-state index in [1.807, 2.05) is 30.3 Å². The van der Waals surface area contributed by atoms with E-state index in [0.29, 0.717) is 6.42 Å². The molecule has 0 bridgehead atoms. The molecule has 0 N–H and O–H groups in total. The van der Waals surface area contributed by atoms with Gasteiger partial charge >= 0.3 is 12.2 Å². The summed E-state index contributed by atoms with van der Waals surface area (Å²) in [6, 6.07) is 9.00. The van der Waals surface area contributed by atoms with Gasteiger partial charge in [-0.15, -0.1) is 6.58 Å². The Hall–Kier alpha value is -2.30. The molecule has 138 valence electrons. The van der Waals surface area contributed by atoms with E-state index in [1.165, 1.54) is 0 Å². The van der Waals surface area contributed by atoms with E-state index in [-0.39, 0.29) is 0 Å². The molecule has 2 amide bonds. The predicted molar refractivity (Wildman–Crippen MR) is 98.4 cm³/mol. The Balaban J connectivity index is 3.11. The van der Waals surface area contributed by atoms with E-state index in [9.17, 15) is 9.59 Å². The predicted octanol–water partition coefficient (Wildman–Crippen LogP) is 4.96. The molecule has 0 heterocycles. The summed E-state index contributed by atoms with van der Waals surface area (Å²) >= 11 is 0. The Labute approximate surface area is 150 Å². The highest BCUT2D eigenvalue weighted by molar-refractivity contribution is 5.89. The van der Waals surface area contributed by atoms with Crippen molar-refractivity contribution >= 4 is 12.2 Å². The minimum absolute atomic E-state index is 0.433. The van der Waals surface area contributed by atoms with Gasteiger partial charge < -0.3 is 9.47 Å². The lowest BCUT2D eigenvalue weighted by Crippen LogP contribution is -2.49. The minimum atomic E-state index is -0.748. The van der Waals surface area contributed by atoms with Gasteiger partial charge in [-0.2, -0.15) is 0 Å². The topological polar surface area (TPSA) is 55.8 Å². The molecule has 1 aromatic rings. The van der Waals surface area contributed by atoms with Crippen LogP contribution in [0.15, 0.2) is 43.0 Å². The second kappa shape index (κ2) is 8.19. The highest BCUT2D eigenvalue weighted by atomic mass is 16.6. The monoisotopic (exact) mass is 347 g/mol. The van der Waals surface area contributed by atoms with Crippen LogP contribution < -0.4 is 0 Å². The van der Waals surface area contributed by atoms with Crippen LogP contribution in [-0.4, -0.2) is 34.3 Å². The third-order valence-electron chi connectivity index (χ3n) is 3.07. The molecule has 0 aliphatic rings. The van der Waals surface area contributed by atoms with Crippen molar-refractivity contribution in [1.29, 1.82) is 0 Å². The first-order chi connectivity index (χ1) is 11.4. The molecule has 25 heavy (non-hydrogen) atoms. The lowest BCUT2D eigenvalue weighted by Gasteiger charge is -2.32. The Morgan fingerprint density at radius 2 is 1.44 bits per heavy atom. The fourth-order valence-electron chi connectivity index (χ4n) is 2.10. The summed E-state index contributed by atoms with van der Waals surface area (Å²) in [5, 5.41) is 0. The standard InChI is InChI=1S/C20H29NO4/c1-8-16(14-15-12-10-9-11-13-15)21(17(22)24-19(2,3)4)18(23)25-20(5,6)7/h8-13,16H,1,14H2,2-7H3/t16-/m1/s1. The maximum absolute atomic E-state index is 12.6. The molecule has 0 unspecified atom stereocenters. The van der Waals surface area contributed by atoms with Gasteiger partial charge in [0, 0.05) is 0 Å². The number of hydrogen-bond acceptors (Lipinski definition) is 4. The maximum atomic E-state index is 12.6. The van der Waals surface area contributed by atoms with Gasteiger partial charge in [-0.3, -0.25) is 0 Å². The number of carbonyl (C=O) groups excluding carboxylic acids is 2. The van der Waals surface area contributed by atoms with Crippen molar-refractivity contribution in [3.8, 4) is 0 Å². The lowest BCUT2D eigenvalue weighted by molar-refractivity contribution is -0.00353. The van der Waals surface area contributed by atoms with Crippen molar-refractivity contribution in [2.45, 2.75) is 65.2 Å². The molecular weight excluding hydrogens is 318 g/mol. The lowest BCUT2D eigenvalue weighted by atomic mass is 10.1. The summed E-state index contributed by atoms with van der Waals surface area (Å²) < 4.78 is 10.8. The van der Waals surface area contributed by atoms with E-state index in [1.54, 1.807) is 47.6 Å². The number of carbonyl (C=O) groups is 2. The Bertz CT molecular complexity index is 568. The van der Waals surface area contributed by atoms with Crippen LogP contribution in [0.2, 0.25) is 0 Å². The van der Waals surface area contributed by atoms with E-state index in [0.717, 1.165) is 10.5 Å². The molecule has 0 aliphatic heterocycles. The molecule has 5 nitrogen and oxygen atoms in total. The molecule has 0 saturated heterocycles. The minimum Gasteiger partial charge on any atom is -0.443 e. The number of benzene rings is 1. The van der Waals surface area contributed by atoms with E-state index < -0.39 is 29.4 Å². The highest BCUT2D eigenvalue weighted by Crippen LogP contribution is 2.19. The first-order valence-corrected chi connectivity index (χ1v) is 8.34. The van der Waals surface area contributed by atoms with E-state index >= 15 is 0 Å². The molecule has 0 spiro atoms. The van der Waals surface area contributed by atoms with Crippen molar-refractivity contribution in [2.24, 2.45) is 0 Å². The number of rotatable bonds is 4. The van der Waals surface area contributed by atoms with Crippen LogP contribution in [0.1, 0.15) is 47.1 Å². The average molecular weight is 347 g/mol. The van der Waals surface area contributed by atoms with Gasteiger partial charge in [0.15, 0.2) is 0 Å². The van der Waals surface area contributed by atoms with Crippen molar-refractivity contribution in [1.82, 2.24) is 4.90 Å². The second-order valence-corrected chi connectivity index (χ2v) is 7.82. The van der Waals surface area contributed by atoms with Crippen LogP contribution in [0.3, 0.4) is 0 Å². The zero-order valence-electron chi connectivity index (χ0n) is 16.0. The average Bonchev–Trinajstić information content (AvgIpc) is 2.43. The van der Waals surface area contributed by atoms with Gasteiger partial charge in [-0.25, -0.2) is 14.5 Å². The molecule has 0 radical (unpaired) electrons. The van der Waals surface area contributed by atoms with Gasteiger partial charge in [0.2, 0.25) is 0 Å². The molecule has 1 aromatic carbocycles. The quantitative estimate of drug-likeness (QED) is 0.723. The van der Waals surface area contributed by atoms with Crippen molar-refractivity contribution < 1.29 is 19.1 Å². The zero-order chi connectivity index (χ0) is 19.3. The molecule has 1 rings (SSSR count). The summed E-state index contributed by atoms with van der Waals surface area (Å²) in [6.45, 7) is 14.3. The smallest absolute Gasteiger partial charge is 0.420 e. The Morgan fingerprint density at radius 3 is 1.80 bits per heavy atom. The SMILES string of the molecule is C=C[C@H](Cc1ccccc1)N(C(=O)OC(C)(C)C)C(=O)OC(C)(C)C. The van der Waals surface area contributed by atoms with Gasteiger partial charge in [0.25, 0.3) is 0 Å². The third kappa shape index (κ3) is 7.42. The summed E-state index contributed by atoms with van der Waals surface area (Å²) in [5.74, 6) is 0. The largest absolute Gasteiger partial charge is 0.443 e. The Kier molecular flexibility index (Phi) is 6.79. The van der Waals surface area contributed by atoms with Crippen molar-refractivity contribution in [2.75, 3.05) is 0 Å². The number of amides is 2. The zero-order valence-corrected chi connectivity index (χ0v) is 16.0. The normalized spacial score (nSPS) is 12.9. The second-order valence-electron chi connectivity index (χ2n) is 7.82. The third-order valence-corrected chi connectivity index (χ3v) is 3.07. The van der Waals surface area contributed by atoms with Crippen LogP contribution in [0.4, 0.5) is 9.59 Å².